The van der Waals surface area contributed by atoms with Gasteiger partial charge in [-0.25, -0.2) is 0 Å². The molecule has 2 rings (SSSR count). The lowest BCUT2D eigenvalue weighted by atomic mass is 10.1. The van der Waals surface area contributed by atoms with E-state index in [9.17, 15) is 0 Å². The first-order valence-electron chi connectivity index (χ1n) is 8.00. The summed E-state index contributed by atoms with van der Waals surface area (Å²) in [5, 5.41) is 1.04. The Morgan fingerprint density at radius 3 is 2.67 bits per heavy atom. The molecular formula is C18H27N3. The van der Waals surface area contributed by atoms with Crippen molar-refractivity contribution < 1.29 is 0 Å². The summed E-state index contributed by atoms with van der Waals surface area (Å²) in [6.45, 7) is 8.73. The third kappa shape index (κ3) is 4.18. The Balaban J connectivity index is 2.16. The first kappa shape index (κ1) is 15.8. The van der Waals surface area contributed by atoms with E-state index in [1.165, 1.54) is 19.3 Å². The number of pyridine rings is 1. The first-order chi connectivity index (χ1) is 10.1. The number of hydrogen-bond donors (Lipinski definition) is 1. The van der Waals surface area contributed by atoms with Crippen molar-refractivity contribution in [2.24, 2.45) is 0 Å². The third-order valence-electron chi connectivity index (χ3n) is 3.95. The average Bonchev–Trinajstić information content (AvgIpc) is 2.46. The van der Waals surface area contributed by atoms with Gasteiger partial charge in [-0.3, -0.25) is 9.88 Å². The topological polar surface area (TPSA) is 42.1 Å². The van der Waals surface area contributed by atoms with Crippen molar-refractivity contribution in [3.8, 4) is 0 Å². The molecule has 2 N–H and O–H groups in total. The SMILES string of the molecule is CCCCCN(Cc1cc(N)c2ccccc2n1)C(C)C. The van der Waals surface area contributed by atoms with Crippen molar-refractivity contribution in [1.29, 1.82) is 0 Å². The predicted octanol–water partition coefficient (Wildman–Crippen LogP) is 4.22. The number of fused-ring (bicyclic) bond motifs is 1. The molecule has 21 heavy (non-hydrogen) atoms. The van der Waals surface area contributed by atoms with Gasteiger partial charge in [-0.1, -0.05) is 38.0 Å². The number of para-hydroxylation sites is 1. The van der Waals surface area contributed by atoms with Gasteiger partial charge in [0.2, 0.25) is 0 Å². The number of nitrogens with zero attached hydrogens (tertiary/aromatic N) is 2. The van der Waals surface area contributed by atoms with Crippen LogP contribution in [0.25, 0.3) is 10.9 Å². The van der Waals surface area contributed by atoms with Crippen LogP contribution >= 0.6 is 0 Å². The molecule has 0 radical (unpaired) electrons. The van der Waals surface area contributed by atoms with Gasteiger partial charge in [-0.05, 0) is 38.9 Å². The lowest BCUT2D eigenvalue weighted by Crippen LogP contribution is -2.31. The highest BCUT2D eigenvalue weighted by Gasteiger charge is 2.12. The van der Waals surface area contributed by atoms with Crippen LogP contribution in [0.15, 0.2) is 30.3 Å². The maximum Gasteiger partial charge on any atom is 0.0726 e. The number of aromatic nitrogens is 1. The molecule has 2 aromatic rings. The molecule has 0 spiro atoms. The Bertz CT molecular complexity index is 578. The minimum Gasteiger partial charge on any atom is -0.398 e. The van der Waals surface area contributed by atoms with Crippen molar-refractivity contribution in [1.82, 2.24) is 9.88 Å². The number of nitrogen functional groups attached to an aromatic ring is 1. The molecular weight excluding hydrogens is 258 g/mol. The predicted molar refractivity (Wildman–Crippen MR) is 91.2 cm³/mol. The highest BCUT2D eigenvalue weighted by molar-refractivity contribution is 5.90. The Kier molecular flexibility index (Phi) is 5.57. The van der Waals surface area contributed by atoms with Crippen molar-refractivity contribution in [2.45, 2.75) is 52.6 Å². The molecule has 3 nitrogen and oxygen atoms in total. The van der Waals surface area contributed by atoms with Gasteiger partial charge in [0.15, 0.2) is 0 Å². The quantitative estimate of drug-likeness (QED) is 0.775. The van der Waals surface area contributed by atoms with Crippen LogP contribution in [-0.2, 0) is 6.54 Å². The van der Waals surface area contributed by atoms with Gasteiger partial charge in [0.1, 0.15) is 0 Å². The van der Waals surface area contributed by atoms with Crippen LogP contribution in [0.2, 0.25) is 0 Å². The Morgan fingerprint density at radius 1 is 1.19 bits per heavy atom. The maximum atomic E-state index is 6.17. The van der Waals surface area contributed by atoms with E-state index in [2.05, 4.69) is 25.7 Å². The molecule has 0 aliphatic heterocycles. The van der Waals surface area contributed by atoms with Crippen LogP contribution in [0, 0.1) is 0 Å². The van der Waals surface area contributed by atoms with E-state index in [0.717, 1.165) is 35.4 Å². The van der Waals surface area contributed by atoms with Crippen molar-refractivity contribution in [3.05, 3.63) is 36.0 Å². The normalized spacial score (nSPS) is 11.7. The van der Waals surface area contributed by atoms with Crippen molar-refractivity contribution >= 4 is 16.6 Å². The highest BCUT2D eigenvalue weighted by atomic mass is 15.1. The minimum atomic E-state index is 0.524. The third-order valence-corrected chi connectivity index (χ3v) is 3.95. The zero-order valence-electron chi connectivity index (χ0n) is 13.5. The molecule has 1 heterocycles. The van der Waals surface area contributed by atoms with Crippen LogP contribution in [0.3, 0.4) is 0 Å². The summed E-state index contributed by atoms with van der Waals surface area (Å²) in [5.74, 6) is 0. The number of benzene rings is 1. The Morgan fingerprint density at radius 2 is 1.95 bits per heavy atom. The second-order valence-corrected chi connectivity index (χ2v) is 5.99. The van der Waals surface area contributed by atoms with Crippen LogP contribution in [0.4, 0.5) is 5.69 Å². The highest BCUT2D eigenvalue weighted by Crippen LogP contribution is 2.21. The van der Waals surface area contributed by atoms with Crippen molar-refractivity contribution in [2.75, 3.05) is 12.3 Å². The molecule has 1 aromatic heterocycles. The van der Waals surface area contributed by atoms with E-state index in [1.54, 1.807) is 0 Å². The van der Waals surface area contributed by atoms with Crippen LogP contribution < -0.4 is 5.73 Å². The fourth-order valence-corrected chi connectivity index (χ4v) is 2.63. The number of anilines is 1. The molecule has 0 unspecified atom stereocenters. The van der Waals surface area contributed by atoms with Crippen LogP contribution in [0.5, 0.6) is 0 Å². The summed E-state index contributed by atoms with van der Waals surface area (Å²) < 4.78 is 0. The lowest BCUT2D eigenvalue weighted by Gasteiger charge is -2.26. The average molecular weight is 285 g/mol. The molecule has 1 aromatic carbocycles. The van der Waals surface area contributed by atoms with Gasteiger partial charge < -0.3 is 5.73 Å². The van der Waals surface area contributed by atoms with Crippen LogP contribution in [0.1, 0.15) is 45.7 Å². The summed E-state index contributed by atoms with van der Waals surface area (Å²) in [6, 6.07) is 10.6. The molecule has 3 heteroatoms. The standard InChI is InChI=1S/C18H27N3/c1-4-5-8-11-21(14(2)3)13-15-12-17(19)16-9-6-7-10-18(16)20-15/h6-7,9-10,12,14H,4-5,8,11,13H2,1-3H3,(H2,19,20). The zero-order chi connectivity index (χ0) is 15.2. The summed E-state index contributed by atoms with van der Waals surface area (Å²) in [4.78, 5) is 7.24. The molecule has 0 fully saturated rings. The minimum absolute atomic E-state index is 0.524. The molecule has 0 aliphatic carbocycles. The Labute approximate surface area is 128 Å². The summed E-state index contributed by atoms with van der Waals surface area (Å²) in [6.07, 6.45) is 3.79. The number of unbranched alkanes of at least 4 members (excludes halogenated alkanes) is 2. The van der Waals surface area contributed by atoms with Crippen LogP contribution in [-0.4, -0.2) is 22.5 Å². The number of nitrogens with two attached hydrogens (primary N) is 1. The summed E-state index contributed by atoms with van der Waals surface area (Å²) in [7, 11) is 0. The molecule has 0 saturated carbocycles. The largest absolute Gasteiger partial charge is 0.398 e. The number of rotatable bonds is 7. The maximum absolute atomic E-state index is 6.17. The molecule has 0 saturated heterocycles. The van der Waals surface area contributed by atoms with E-state index in [0.29, 0.717) is 6.04 Å². The van der Waals surface area contributed by atoms with Gasteiger partial charge in [-0.15, -0.1) is 0 Å². The Hall–Kier alpha value is -1.61. The lowest BCUT2D eigenvalue weighted by molar-refractivity contribution is 0.206. The van der Waals surface area contributed by atoms with Gasteiger partial charge in [0.25, 0.3) is 0 Å². The molecule has 0 atom stereocenters. The monoisotopic (exact) mass is 285 g/mol. The van der Waals surface area contributed by atoms with Gasteiger partial charge in [-0.2, -0.15) is 0 Å². The molecule has 0 bridgehead atoms. The fraction of sp³-hybridized carbons (Fsp3) is 0.500. The summed E-state index contributed by atoms with van der Waals surface area (Å²) >= 11 is 0. The van der Waals surface area contributed by atoms with E-state index >= 15 is 0 Å². The van der Waals surface area contributed by atoms with E-state index < -0.39 is 0 Å². The second kappa shape index (κ2) is 7.41. The molecule has 114 valence electrons. The van der Waals surface area contributed by atoms with E-state index in [-0.39, 0.29) is 0 Å². The second-order valence-electron chi connectivity index (χ2n) is 5.99. The zero-order valence-corrected chi connectivity index (χ0v) is 13.5. The van der Waals surface area contributed by atoms with E-state index in [4.69, 9.17) is 10.7 Å². The summed E-state index contributed by atoms with van der Waals surface area (Å²) in [5.41, 5.74) is 9.06. The van der Waals surface area contributed by atoms with Crippen molar-refractivity contribution in [3.63, 3.8) is 0 Å². The van der Waals surface area contributed by atoms with E-state index in [1.807, 2.05) is 30.3 Å². The number of hydrogen-bond acceptors (Lipinski definition) is 3. The van der Waals surface area contributed by atoms with Gasteiger partial charge in [0.05, 0.1) is 11.2 Å². The molecule has 0 aliphatic rings. The first-order valence-corrected chi connectivity index (χ1v) is 8.00. The fourth-order valence-electron chi connectivity index (χ4n) is 2.63. The van der Waals surface area contributed by atoms with Gasteiger partial charge in [0, 0.05) is 23.7 Å². The molecule has 0 amide bonds. The smallest absolute Gasteiger partial charge is 0.0726 e. The van der Waals surface area contributed by atoms with Gasteiger partial charge >= 0.3 is 0 Å².